The Morgan fingerprint density at radius 2 is 2.10 bits per heavy atom. The van der Waals surface area contributed by atoms with Crippen LogP contribution >= 0.6 is 15.9 Å². The number of carbonyl (C=O) groups excluding carboxylic acids is 1. The molecule has 3 rings (SSSR count). The molecule has 3 nitrogen and oxygen atoms in total. The highest BCUT2D eigenvalue weighted by molar-refractivity contribution is 9.10. The van der Waals surface area contributed by atoms with Crippen molar-refractivity contribution in [1.82, 2.24) is 5.32 Å². The molecule has 108 valence electrons. The van der Waals surface area contributed by atoms with Crippen molar-refractivity contribution in [3.8, 4) is 0 Å². The van der Waals surface area contributed by atoms with Crippen LogP contribution in [0.2, 0.25) is 0 Å². The fourth-order valence-corrected chi connectivity index (χ4v) is 3.19. The minimum absolute atomic E-state index is 0.0768. The summed E-state index contributed by atoms with van der Waals surface area (Å²) in [5, 5.41) is 3.39. The fraction of sp³-hybridized carbons (Fsp3) is 0.533. The van der Waals surface area contributed by atoms with Crippen LogP contribution in [0.3, 0.4) is 0 Å². The Labute approximate surface area is 126 Å². The average Bonchev–Trinajstić information content (AvgIpc) is 3.21. The van der Waals surface area contributed by atoms with E-state index in [1.807, 2.05) is 6.92 Å². The molecule has 1 saturated carbocycles. The number of rotatable bonds is 3. The molecule has 1 saturated heterocycles. The third kappa shape index (κ3) is 2.74. The van der Waals surface area contributed by atoms with Gasteiger partial charge in [0.1, 0.15) is 5.82 Å². The Morgan fingerprint density at radius 3 is 2.80 bits per heavy atom. The molecule has 0 spiro atoms. The number of anilines is 1. The maximum absolute atomic E-state index is 13.8. The molecular weight excluding hydrogens is 323 g/mol. The van der Waals surface area contributed by atoms with Gasteiger partial charge in [-0.3, -0.25) is 4.79 Å². The van der Waals surface area contributed by atoms with Gasteiger partial charge in [-0.05, 0) is 66.2 Å². The highest BCUT2D eigenvalue weighted by Gasteiger charge is 2.34. The van der Waals surface area contributed by atoms with Crippen LogP contribution in [0.5, 0.6) is 0 Å². The van der Waals surface area contributed by atoms with Crippen molar-refractivity contribution < 1.29 is 9.18 Å². The number of hydrogen-bond acceptors (Lipinski definition) is 2. The number of nitrogens with one attached hydrogen (secondary N) is 1. The average molecular weight is 341 g/mol. The van der Waals surface area contributed by atoms with Gasteiger partial charge in [-0.15, -0.1) is 0 Å². The van der Waals surface area contributed by atoms with Crippen molar-refractivity contribution in [2.75, 3.05) is 11.4 Å². The number of nitrogens with zero attached hydrogens (tertiary/aromatic N) is 1. The highest BCUT2D eigenvalue weighted by Crippen LogP contribution is 2.30. The predicted molar refractivity (Wildman–Crippen MR) is 80.4 cm³/mol. The molecule has 20 heavy (non-hydrogen) atoms. The Hall–Kier alpha value is -0.940. The smallest absolute Gasteiger partial charge is 0.244 e. The minimum Gasteiger partial charge on any atom is -0.311 e. The zero-order valence-electron chi connectivity index (χ0n) is 11.5. The van der Waals surface area contributed by atoms with E-state index in [1.54, 1.807) is 11.0 Å². The molecule has 1 aliphatic heterocycles. The first-order chi connectivity index (χ1) is 9.56. The lowest BCUT2D eigenvalue weighted by atomic mass is 10.0. The number of piperidine rings is 1. The van der Waals surface area contributed by atoms with Crippen LogP contribution in [-0.4, -0.2) is 24.5 Å². The van der Waals surface area contributed by atoms with E-state index in [9.17, 15) is 9.18 Å². The maximum atomic E-state index is 13.8. The summed E-state index contributed by atoms with van der Waals surface area (Å²) < 4.78 is 14.2. The number of halogens is 2. The molecule has 1 N–H and O–H groups in total. The van der Waals surface area contributed by atoms with Gasteiger partial charge < -0.3 is 10.2 Å². The third-order valence-electron chi connectivity index (χ3n) is 3.98. The Balaban J connectivity index is 1.84. The number of amides is 1. The first kappa shape index (κ1) is 14.0. The van der Waals surface area contributed by atoms with Gasteiger partial charge in [0.05, 0.1) is 10.5 Å². The summed E-state index contributed by atoms with van der Waals surface area (Å²) in [7, 11) is 0. The Bertz CT molecular complexity index is 545. The SMILES string of the molecule is Cc1cc(Br)c(F)cc1N1CCCC(NC2CC2)C1=O. The lowest BCUT2D eigenvalue weighted by molar-refractivity contribution is -0.121. The lowest BCUT2D eigenvalue weighted by Crippen LogP contribution is -2.51. The number of carbonyl (C=O) groups is 1. The van der Waals surface area contributed by atoms with E-state index in [0.717, 1.165) is 31.2 Å². The number of aryl methyl sites for hydroxylation is 1. The standard InChI is InChI=1S/C15H18BrFN2O/c1-9-7-11(16)12(17)8-14(9)19-6-2-3-13(15(19)20)18-10-4-5-10/h7-8,10,13,18H,2-6H2,1H3. The second-order valence-electron chi connectivity index (χ2n) is 5.68. The van der Waals surface area contributed by atoms with Crippen LogP contribution in [0, 0.1) is 12.7 Å². The van der Waals surface area contributed by atoms with Gasteiger partial charge in [0.25, 0.3) is 0 Å². The zero-order valence-corrected chi connectivity index (χ0v) is 13.0. The second kappa shape index (κ2) is 5.45. The van der Waals surface area contributed by atoms with Crippen molar-refractivity contribution >= 4 is 27.5 Å². The molecule has 2 fully saturated rings. The normalized spacial score (nSPS) is 23.2. The van der Waals surface area contributed by atoms with Crippen LogP contribution in [0.15, 0.2) is 16.6 Å². The van der Waals surface area contributed by atoms with Crippen LogP contribution < -0.4 is 10.2 Å². The molecule has 2 aliphatic rings. The van der Waals surface area contributed by atoms with Gasteiger partial charge in [0.2, 0.25) is 5.91 Å². The van der Waals surface area contributed by atoms with E-state index in [-0.39, 0.29) is 17.8 Å². The third-order valence-corrected chi connectivity index (χ3v) is 4.59. The first-order valence-electron chi connectivity index (χ1n) is 7.09. The summed E-state index contributed by atoms with van der Waals surface area (Å²) in [6.45, 7) is 2.58. The van der Waals surface area contributed by atoms with E-state index < -0.39 is 0 Å². The molecule has 0 aromatic heterocycles. The van der Waals surface area contributed by atoms with Crippen molar-refractivity contribution in [2.45, 2.75) is 44.7 Å². The summed E-state index contributed by atoms with van der Waals surface area (Å²) in [6, 6.07) is 3.58. The quantitative estimate of drug-likeness (QED) is 0.916. The Kier molecular flexibility index (Phi) is 3.82. The second-order valence-corrected chi connectivity index (χ2v) is 6.53. The molecule has 1 atom stereocenters. The predicted octanol–water partition coefficient (Wildman–Crippen LogP) is 3.14. The molecule has 0 radical (unpaired) electrons. The highest BCUT2D eigenvalue weighted by atomic mass is 79.9. The van der Waals surface area contributed by atoms with Gasteiger partial charge in [-0.2, -0.15) is 0 Å². The van der Waals surface area contributed by atoms with E-state index in [1.165, 1.54) is 6.07 Å². The van der Waals surface area contributed by atoms with Crippen LogP contribution in [-0.2, 0) is 4.79 Å². The monoisotopic (exact) mass is 340 g/mol. The van der Waals surface area contributed by atoms with Crippen LogP contribution in [0.4, 0.5) is 10.1 Å². The summed E-state index contributed by atoms with van der Waals surface area (Å²) in [5.74, 6) is -0.247. The molecular formula is C15H18BrFN2O. The topological polar surface area (TPSA) is 32.3 Å². The van der Waals surface area contributed by atoms with Crippen molar-refractivity contribution in [3.05, 3.63) is 28.0 Å². The van der Waals surface area contributed by atoms with Gasteiger partial charge in [0.15, 0.2) is 0 Å². The molecule has 0 bridgehead atoms. The zero-order chi connectivity index (χ0) is 14.3. The molecule has 1 aromatic carbocycles. The summed E-state index contributed by atoms with van der Waals surface area (Å²) in [5.41, 5.74) is 1.61. The maximum Gasteiger partial charge on any atom is 0.244 e. The molecule has 5 heteroatoms. The molecule has 1 aliphatic carbocycles. The van der Waals surface area contributed by atoms with Gasteiger partial charge in [0, 0.05) is 18.3 Å². The van der Waals surface area contributed by atoms with Gasteiger partial charge in [-0.1, -0.05) is 0 Å². The van der Waals surface area contributed by atoms with Gasteiger partial charge in [-0.25, -0.2) is 4.39 Å². The number of benzene rings is 1. The van der Waals surface area contributed by atoms with E-state index in [2.05, 4.69) is 21.2 Å². The van der Waals surface area contributed by atoms with E-state index >= 15 is 0 Å². The lowest BCUT2D eigenvalue weighted by Gasteiger charge is -2.33. The molecule has 1 unspecified atom stereocenters. The largest absolute Gasteiger partial charge is 0.311 e. The van der Waals surface area contributed by atoms with E-state index in [0.29, 0.717) is 22.7 Å². The minimum atomic E-state index is -0.323. The summed E-state index contributed by atoms with van der Waals surface area (Å²) in [4.78, 5) is 14.3. The number of hydrogen-bond donors (Lipinski definition) is 1. The van der Waals surface area contributed by atoms with E-state index in [4.69, 9.17) is 0 Å². The van der Waals surface area contributed by atoms with Crippen molar-refractivity contribution in [2.24, 2.45) is 0 Å². The van der Waals surface area contributed by atoms with Crippen molar-refractivity contribution in [3.63, 3.8) is 0 Å². The summed E-state index contributed by atoms with van der Waals surface area (Å²) >= 11 is 3.18. The summed E-state index contributed by atoms with van der Waals surface area (Å²) in [6.07, 6.45) is 4.16. The van der Waals surface area contributed by atoms with Crippen molar-refractivity contribution in [1.29, 1.82) is 0 Å². The molecule has 1 aromatic rings. The van der Waals surface area contributed by atoms with Crippen LogP contribution in [0.25, 0.3) is 0 Å². The van der Waals surface area contributed by atoms with Gasteiger partial charge >= 0.3 is 0 Å². The fourth-order valence-electron chi connectivity index (χ4n) is 2.73. The molecule has 1 amide bonds. The van der Waals surface area contributed by atoms with Crippen LogP contribution in [0.1, 0.15) is 31.2 Å². The first-order valence-corrected chi connectivity index (χ1v) is 7.88. The Morgan fingerprint density at radius 1 is 1.35 bits per heavy atom. The molecule has 1 heterocycles.